The van der Waals surface area contributed by atoms with Gasteiger partial charge in [0.05, 0.1) is 11.4 Å². The molecule has 98 valence electrons. The Kier molecular flexibility index (Phi) is 3.54. The lowest BCUT2D eigenvalue weighted by Gasteiger charge is -2.28. The van der Waals surface area contributed by atoms with E-state index in [1.54, 1.807) is 13.8 Å². The number of rotatable bonds is 3. The van der Waals surface area contributed by atoms with Gasteiger partial charge in [-0.2, -0.15) is 18.3 Å². The Bertz CT molecular complexity index is 400. The van der Waals surface area contributed by atoms with Gasteiger partial charge in [-0.1, -0.05) is 13.8 Å². The number of hydrogen-bond donors (Lipinski definition) is 2. The number of alkyl halides is 3. The molecule has 4 nitrogen and oxygen atoms in total. The van der Waals surface area contributed by atoms with Gasteiger partial charge in [-0.05, 0) is 12.0 Å². The highest BCUT2D eigenvalue weighted by Crippen LogP contribution is 2.38. The van der Waals surface area contributed by atoms with Crippen LogP contribution < -0.4 is 5.73 Å². The standard InChI is InChI=1S/C10H16F3N3O/c1-6(2)7-4-8(16(3)15-7)9(17,5-14)10(11,12)13/h4,6,17H,5,14H2,1-3H3. The first-order valence-corrected chi connectivity index (χ1v) is 5.17. The maximum absolute atomic E-state index is 12.8. The Morgan fingerprint density at radius 1 is 1.47 bits per heavy atom. The molecule has 3 N–H and O–H groups in total. The Labute approximate surface area is 97.2 Å². The number of aliphatic hydroxyl groups is 1. The fourth-order valence-electron chi connectivity index (χ4n) is 1.52. The maximum atomic E-state index is 12.8. The molecule has 0 aliphatic carbocycles. The summed E-state index contributed by atoms with van der Waals surface area (Å²) in [5.74, 6) is -0.0230. The molecule has 0 radical (unpaired) electrons. The molecule has 0 aliphatic rings. The molecule has 0 amide bonds. The van der Waals surface area contributed by atoms with Crippen LogP contribution in [-0.4, -0.2) is 27.6 Å². The number of hydrogen-bond acceptors (Lipinski definition) is 3. The van der Waals surface area contributed by atoms with Crippen molar-refractivity contribution in [2.75, 3.05) is 6.54 Å². The molecule has 0 spiro atoms. The lowest BCUT2D eigenvalue weighted by molar-refractivity contribution is -0.264. The van der Waals surface area contributed by atoms with Crippen molar-refractivity contribution >= 4 is 0 Å². The Morgan fingerprint density at radius 3 is 2.29 bits per heavy atom. The van der Waals surface area contributed by atoms with Crippen molar-refractivity contribution in [1.82, 2.24) is 9.78 Å². The van der Waals surface area contributed by atoms with Crippen molar-refractivity contribution in [1.29, 1.82) is 0 Å². The van der Waals surface area contributed by atoms with Gasteiger partial charge in [0.25, 0.3) is 0 Å². The highest BCUT2D eigenvalue weighted by molar-refractivity contribution is 5.22. The molecule has 0 aliphatic heterocycles. The van der Waals surface area contributed by atoms with Crippen LogP contribution in [0.2, 0.25) is 0 Å². The number of aryl methyl sites for hydroxylation is 1. The van der Waals surface area contributed by atoms with Crippen LogP contribution in [0.4, 0.5) is 13.2 Å². The van der Waals surface area contributed by atoms with E-state index < -0.39 is 18.3 Å². The summed E-state index contributed by atoms with van der Waals surface area (Å²) in [7, 11) is 1.35. The topological polar surface area (TPSA) is 64.1 Å². The van der Waals surface area contributed by atoms with Crippen molar-refractivity contribution in [3.05, 3.63) is 17.5 Å². The SMILES string of the molecule is CC(C)c1cc(C(O)(CN)C(F)(F)F)n(C)n1. The van der Waals surface area contributed by atoms with Crippen LogP contribution in [0, 0.1) is 0 Å². The highest BCUT2D eigenvalue weighted by Gasteiger charge is 2.56. The summed E-state index contributed by atoms with van der Waals surface area (Å²) in [5, 5.41) is 13.6. The normalized spacial score (nSPS) is 16.3. The predicted octanol–water partition coefficient (Wildman–Crippen LogP) is 1.25. The summed E-state index contributed by atoms with van der Waals surface area (Å²) in [6, 6.07) is 1.24. The van der Waals surface area contributed by atoms with E-state index in [4.69, 9.17) is 5.73 Å². The fraction of sp³-hybridized carbons (Fsp3) is 0.700. The third kappa shape index (κ3) is 2.30. The zero-order chi connectivity index (χ0) is 13.4. The van der Waals surface area contributed by atoms with E-state index in [2.05, 4.69) is 5.10 Å². The molecular weight excluding hydrogens is 235 g/mol. The molecule has 1 aromatic rings. The van der Waals surface area contributed by atoms with E-state index in [0.29, 0.717) is 5.69 Å². The van der Waals surface area contributed by atoms with E-state index in [1.807, 2.05) is 0 Å². The first kappa shape index (κ1) is 14.0. The molecule has 0 saturated carbocycles. The van der Waals surface area contributed by atoms with Crippen LogP contribution in [0.1, 0.15) is 31.2 Å². The minimum Gasteiger partial charge on any atom is -0.374 e. The van der Waals surface area contributed by atoms with Gasteiger partial charge in [0.15, 0.2) is 0 Å². The molecule has 17 heavy (non-hydrogen) atoms. The minimum absolute atomic E-state index is 0.0230. The Hall–Kier alpha value is -1.08. The average molecular weight is 251 g/mol. The van der Waals surface area contributed by atoms with Crippen LogP contribution in [0.25, 0.3) is 0 Å². The van der Waals surface area contributed by atoms with Crippen LogP contribution in [-0.2, 0) is 12.6 Å². The van der Waals surface area contributed by atoms with E-state index in [1.165, 1.54) is 13.1 Å². The molecule has 0 aromatic carbocycles. The molecule has 0 saturated heterocycles. The molecule has 0 fully saturated rings. The molecule has 1 unspecified atom stereocenters. The summed E-state index contributed by atoms with van der Waals surface area (Å²) < 4.78 is 39.5. The van der Waals surface area contributed by atoms with Crippen molar-refractivity contribution in [2.24, 2.45) is 12.8 Å². The van der Waals surface area contributed by atoms with Crippen LogP contribution in [0.5, 0.6) is 0 Å². The lowest BCUT2D eigenvalue weighted by Crippen LogP contribution is -2.49. The van der Waals surface area contributed by atoms with Crippen molar-refractivity contribution < 1.29 is 18.3 Å². The van der Waals surface area contributed by atoms with Gasteiger partial charge in [-0.3, -0.25) is 4.68 Å². The molecule has 7 heteroatoms. The summed E-state index contributed by atoms with van der Waals surface area (Å²) in [4.78, 5) is 0. The van der Waals surface area contributed by atoms with Gasteiger partial charge < -0.3 is 10.8 Å². The smallest absolute Gasteiger partial charge is 0.374 e. The predicted molar refractivity (Wildman–Crippen MR) is 56.3 cm³/mol. The van der Waals surface area contributed by atoms with E-state index >= 15 is 0 Å². The molecule has 1 heterocycles. The lowest BCUT2D eigenvalue weighted by atomic mass is 9.97. The first-order valence-electron chi connectivity index (χ1n) is 5.17. The van der Waals surface area contributed by atoms with E-state index in [9.17, 15) is 18.3 Å². The van der Waals surface area contributed by atoms with Gasteiger partial charge in [0, 0.05) is 13.6 Å². The number of aromatic nitrogens is 2. The summed E-state index contributed by atoms with van der Waals surface area (Å²) >= 11 is 0. The summed E-state index contributed by atoms with van der Waals surface area (Å²) in [6.45, 7) is 2.68. The highest BCUT2D eigenvalue weighted by atomic mass is 19.4. The average Bonchev–Trinajstić information content (AvgIpc) is 2.58. The van der Waals surface area contributed by atoms with Crippen molar-refractivity contribution in [2.45, 2.75) is 31.5 Å². The zero-order valence-electron chi connectivity index (χ0n) is 9.91. The zero-order valence-corrected chi connectivity index (χ0v) is 9.91. The van der Waals surface area contributed by atoms with Gasteiger partial charge in [0.1, 0.15) is 0 Å². The van der Waals surface area contributed by atoms with Crippen LogP contribution >= 0.6 is 0 Å². The largest absolute Gasteiger partial charge is 0.424 e. The second-order valence-corrected chi connectivity index (χ2v) is 4.29. The number of nitrogens with two attached hydrogens (primary N) is 1. The minimum atomic E-state index is -4.83. The van der Waals surface area contributed by atoms with Crippen LogP contribution in [0.15, 0.2) is 6.07 Å². The maximum Gasteiger partial charge on any atom is 0.424 e. The number of halogens is 3. The fourth-order valence-corrected chi connectivity index (χ4v) is 1.52. The molecule has 1 aromatic heterocycles. The molecule has 1 atom stereocenters. The van der Waals surface area contributed by atoms with Gasteiger partial charge in [0.2, 0.25) is 5.60 Å². The van der Waals surface area contributed by atoms with Gasteiger partial charge >= 0.3 is 6.18 Å². The van der Waals surface area contributed by atoms with Crippen molar-refractivity contribution in [3.63, 3.8) is 0 Å². The summed E-state index contributed by atoms with van der Waals surface area (Å²) in [5.41, 5.74) is 2.16. The molecule has 1 rings (SSSR count). The molecular formula is C10H16F3N3O. The van der Waals surface area contributed by atoms with Gasteiger partial charge in [-0.15, -0.1) is 0 Å². The first-order chi connectivity index (χ1) is 7.63. The summed E-state index contributed by atoms with van der Waals surface area (Å²) in [6.07, 6.45) is -4.83. The van der Waals surface area contributed by atoms with Crippen molar-refractivity contribution in [3.8, 4) is 0 Å². The van der Waals surface area contributed by atoms with Crippen LogP contribution in [0.3, 0.4) is 0 Å². The quantitative estimate of drug-likeness (QED) is 0.849. The van der Waals surface area contributed by atoms with Gasteiger partial charge in [-0.25, -0.2) is 0 Å². The number of nitrogens with zero attached hydrogens (tertiary/aromatic N) is 2. The second kappa shape index (κ2) is 4.30. The Morgan fingerprint density at radius 2 is 2.00 bits per heavy atom. The Balaban J connectivity index is 3.31. The monoisotopic (exact) mass is 251 g/mol. The third-order valence-corrected chi connectivity index (χ3v) is 2.68. The van der Waals surface area contributed by atoms with E-state index in [-0.39, 0.29) is 11.6 Å². The second-order valence-electron chi connectivity index (χ2n) is 4.29. The van der Waals surface area contributed by atoms with E-state index in [0.717, 1.165) is 4.68 Å². The molecule has 0 bridgehead atoms. The third-order valence-electron chi connectivity index (χ3n) is 2.68.